The van der Waals surface area contributed by atoms with E-state index in [0.29, 0.717) is 29.9 Å². The molecule has 1 unspecified atom stereocenters. The van der Waals surface area contributed by atoms with Gasteiger partial charge in [0.25, 0.3) is 0 Å². The molecule has 1 aromatic heterocycles. The normalized spacial score (nSPS) is 33.1. The molecule has 7 rings (SSSR count). The minimum atomic E-state index is -0.157. The first-order chi connectivity index (χ1) is 17.5. The summed E-state index contributed by atoms with van der Waals surface area (Å²) in [5.74, 6) is 2.87. The number of phenols is 1. The van der Waals surface area contributed by atoms with Crippen LogP contribution in [0.2, 0.25) is 0 Å². The summed E-state index contributed by atoms with van der Waals surface area (Å²) in [4.78, 5) is 0. The summed E-state index contributed by atoms with van der Waals surface area (Å²) in [6.07, 6.45) is 8.66. The molecule has 5 nitrogen and oxygen atoms in total. The van der Waals surface area contributed by atoms with Crippen molar-refractivity contribution in [1.29, 1.82) is 0 Å². The van der Waals surface area contributed by atoms with Crippen LogP contribution in [-0.2, 0) is 6.42 Å². The molecular weight excluding hydrogens is 448 g/mol. The number of aromatic hydroxyl groups is 1. The summed E-state index contributed by atoms with van der Waals surface area (Å²) < 4.78 is 5.70. The number of fused-ring (bicyclic) bond motifs is 5. The van der Waals surface area contributed by atoms with E-state index in [9.17, 15) is 10.2 Å². The molecule has 2 saturated carbocycles. The van der Waals surface area contributed by atoms with Gasteiger partial charge < -0.3 is 14.6 Å². The highest BCUT2D eigenvalue weighted by Gasteiger charge is 2.54. The highest BCUT2D eigenvalue weighted by molar-refractivity contribution is 6.01. The standard InChI is InChI=1S/C31H34N2O3/c1-31-14-13-21-22(25(31)11-12-30(31)35)10-9-19-16-28(34)24(17-23(19)21)27-18-26(29-8-5-15-36-29)32-33(27)20-6-3-2-4-7-20/h2-8,15-17,21-22,25,27,30,34-35H,9-14,18H2,1H3/t21-,22+,25-,27?,30-,31-/m0/s1. The van der Waals surface area contributed by atoms with Gasteiger partial charge >= 0.3 is 0 Å². The number of hydrogen-bond donors (Lipinski definition) is 2. The van der Waals surface area contributed by atoms with E-state index in [4.69, 9.17) is 9.52 Å². The smallest absolute Gasteiger partial charge is 0.149 e. The second-order valence-electron chi connectivity index (χ2n) is 11.6. The molecule has 0 saturated heterocycles. The number of rotatable bonds is 3. The molecule has 186 valence electrons. The van der Waals surface area contributed by atoms with Crippen LogP contribution in [0, 0.1) is 17.3 Å². The second-order valence-corrected chi connectivity index (χ2v) is 11.6. The van der Waals surface area contributed by atoms with Crippen molar-refractivity contribution in [2.24, 2.45) is 22.4 Å². The third-order valence-electron chi connectivity index (χ3n) is 9.92. The van der Waals surface area contributed by atoms with Gasteiger partial charge in [-0.05, 0) is 109 Å². The summed E-state index contributed by atoms with van der Waals surface area (Å²) >= 11 is 0. The maximum atomic E-state index is 11.3. The van der Waals surface area contributed by atoms with Crippen LogP contribution in [-0.4, -0.2) is 22.0 Å². The SMILES string of the molecule is C[C@]12CC[C@@H]3c4cc(C5CC(c6ccco6)=NN5c5ccccc5)c(O)cc4CC[C@H]3[C@@H]1CC[C@@H]2O. The molecule has 1 aliphatic heterocycles. The quantitative estimate of drug-likeness (QED) is 0.444. The predicted molar refractivity (Wildman–Crippen MR) is 140 cm³/mol. The van der Waals surface area contributed by atoms with E-state index in [-0.39, 0.29) is 17.6 Å². The number of phenolic OH excluding ortho intramolecular Hbond substituents is 1. The van der Waals surface area contributed by atoms with Gasteiger partial charge in [0.15, 0.2) is 0 Å². The monoisotopic (exact) mass is 482 g/mol. The molecule has 3 aliphatic carbocycles. The number of hydrazone groups is 1. The predicted octanol–water partition coefficient (Wildman–Crippen LogP) is 6.56. The van der Waals surface area contributed by atoms with Crippen molar-refractivity contribution in [3.8, 4) is 5.75 Å². The van der Waals surface area contributed by atoms with Crippen molar-refractivity contribution in [2.75, 3.05) is 5.01 Å². The molecule has 2 aromatic carbocycles. The molecule has 2 N–H and O–H groups in total. The third kappa shape index (κ3) is 3.28. The van der Waals surface area contributed by atoms with Crippen molar-refractivity contribution in [2.45, 2.75) is 69.9 Å². The molecule has 2 heterocycles. The topological polar surface area (TPSA) is 69.2 Å². The molecule has 6 atom stereocenters. The lowest BCUT2D eigenvalue weighted by Crippen LogP contribution is -2.44. The van der Waals surface area contributed by atoms with Crippen LogP contribution in [0.15, 0.2) is 70.4 Å². The van der Waals surface area contributed by atoms with Crippen LogP contribution in [0.5, 0.6) is 5.75 Å². The van der Waals surface area contributed by atoms with E-state index in [1.165, 1.54) is 11.1 Å². The Kier molecular flexibility index (Phi) is 5.07. The summed E-state index contributed by atoms with van der Waals surface area (Å²) in [7, 11) is 0. The second kappa shape index (κ2) is 8.24. The van der Waals surface area contributed by atoms with Crippen molar-refractivity contribution in [3.05, 3.63) is 83.3 Å². The maximum absolute atomic E-state index is 11.3. The van der Waals surface area contributed by atoms with E-state index in [0.717, 1.165) is 61.2 Å². The van der Waals surface area contributed by atoms with E-state index in [1.807, 2.05) is 41.4 Å². The zero-order chi connectivity index (χ0) is 24.4. The molecular formula is C31H34N2O3. The summed E-state index contributed by atoms with van der Waals surface area (Å²) in [6.45, 7) is 2.33. The Labute approximate surface area is 212 Å². The average molecular weight is 483 g/mol. The van der Waals surface area contributed by atoms with Gasteiger partial charge in [0.05, 0.1) is 24.1 Å². The minimum absolute atomic E-state index is 0.0692. The summed E-state index contributed by atoms with van der Waals surface area (Å²) in [5.41, 5.74) is 5.64. The largest absolute Gasteiger partial charge is 0.508 e. The number of hydrogen-bond acceptors (Lipinski definition) is 5. The highest BCUT2D eigenvalue weighted by atomic mass is 16.3. The van der Waals surface area contributed by atoms with Crippen LogP contribution >= 0.6 is 0 Å². The molecule has 0 radical (unpaired) electrons. The van der Waals surface area contributed by atoms with Crippen molar-refractivity contribution in [3.63, 3.8) is 0 Å². The average Bonchev–Trinajstić information content (AvgIpc) is 3.63. The van der Waals surface area contributed by atoms with Crippen molar-refractivity contribution < 1.29 is 14.6 Å². The van der Waals surface area contributed by atoms with Gasteiger partial charge in [-0.1, -0.05) is 25.1 Å². The molecule has 36 heavy (non-hydrogen) atoms. The number of para-hydroxylation sites is 1. The molecule has 0 amide bonds. The number of nitrogens with zero attached hydrogens (tertiary/aromatic N) is 2. The number of anilines is 1. The van der Waals surface area contributed by atoms with Gasteiger partial charge in [-0.25, -0.2) is 0 Å². The summed E-state index contributed by atoms with van der Waals surface area (Å²) in [5, 5.41) is 29.1. The molecule has 2 fully saturated rings. The maximum Gasteiger partial charge on any atom is 0.149 e. The number of aliphatic hydroxyl groups is 1. The van der Waals surface area contributed by atoms with E-state index < -0.39 is 0 Å². The van der Waals surface area contributed by atoms with Gasteiger partial charge in [-0.3, -0.25) is 5.01 Å². The molecule has 3 aromatic rings. The zero-order valence-corrected chi connectivity index (χ0v) is 20.8. The Bertz CT molecular complexity index is 1300. The lowest BCUT2D eigenvalue weighted by Gasteiger charge is -2.50. The third-order valence-corrected chi connectivity index (χ3v) is 9.92. The van der Waals surface area contributed by atoms with Gasteiger partial charge in [0.2, 0.25) is 0 Å². The fourth-order valence-corrected chi connectivity index (χ4v) is 8.03. The van der Waals surface area contributed by atoms with Crippen molar-refractivity contribution >= 4 is 11.4 Å². The van der Waals surface area contributed by atoms with Crippen LogP contribution < -0.4 is 5.01 Å². The lowest BCUT2D eigenvalue weighted by atomic mass is 9.55. The summed E-state index contributed by atoms with van der Waals surface area (Å²) in [6, 6.07) is 18.3. The van der Waals surface area contributed by atoms with Gasteiger partial charge in [0.1, 0.15) is 17.2 Å². The van der Waals surface area contributed by atoms with Crippen LogP contribution in [0.1, 0.15) is 79.9 Å². The highest BCUT2D eigenvalue weighted by Crippen LogP contribution is 2.61. The Morgan fingerprint density at radius 2 is 1.86 bits per heavy atom. The van der Waals surface area contributed by atoms with Gasteiger partial charge in [-0.2, -0.15) is 5.10 Å². The Hall–Kier alpha value is -3.05. The first kappa shape index (κ1) is 22.2. The van der Waals surface area contributed by atoms with Crippen LogP contribution in [0.4, 0.5) is 5.69 Å². The van der Waals surface area contributed by atoms with Gasteiger partial charge in [0, 0.05) is 12.0 Å². The Morgan fingerprint density at radius 1 is 1.00 bits per heavy atom. The number of benzene rings is 2. The molecule has 0 bridgehead atoms. The fourth-order valence-electron chi connectivity index (χ4n) is 8.03. The lowest BCUT2D eigenvalue weighted by molar-refractivity contribution is -0.0226. The first-order valence-corrected chi connectivity index (χ1v) is 13.5. The van der Waals surface area contributed by atoms with E-state index in [2.05, 4.69) is 25.1 Å². The van der Waals surface area contributed by atoms with Crippen molar-refractivity contribution in [1.82, 2.24) is 0 Å². The molecule has 4 aliphatic rings. The Balaban J connectivity index is 1.28. The van der Waals surface area contributed by atoms with E-state index in [1.54, 1.807) is 6.26 Å². The Morgan fingerprint density at radius 3 is 2.67 bits per heavy atom. The minimum Gasteiger partial charge on any atom is -0.508 e. The number of furan rings is 1. The number of aliphatic hydroxyl groups excluding tert-OH is 1. The zero-order valence-electron chi connectivity index (χ0n) is 20.8. The van der Waals surface area contributed by atoms with E-state index >= 15 is 0 Å². The van der Waals surface area contributed by atoms with Gasteiger partial charge in [-0.15, -0.1) is 0 Å². The molecule has 0 spiro atoms. The number of aryl methyl sites for hydroxylation is 1. The van der Waals surface area contributed by atoms with Crippen LogP contribution in [0.3, 0.4) is 0 Å². The van der Waals surface area contributed by atoms with Crippen LogP contribution in [0.25, 0.3) is 0 Å². The molecule has 5 heteroatoms. The first-order valence-electron chi connectivity index (χ1n) is 13.5. The fraction of sp³-hybridized carbons (Fsp3) is 0.452.